The Morgan fingerprint density at radius 3 is 2.38 bits per heavy atom. The van der Waals surface area contributed by atoms with E-state index < -0.39 is 0 Å². The molecule has 1 aromatic heterocycles. The van der Waals surface area contributed by atoms with Crippen LogP contribution in [0.5, 0.6) is 0 Å². The summed E-state index contributed by atoms with van der Waals surface area (Å²) in [6.45, 7) is 1.95. The van der Waals surface area contributed by atoms with E-state index in [2.05, 4.69) is 27.3 Å². The first-order chi connectivity index (χ1) is 12.0. The van der Waals surface area contributed by atoms with E-state index in [0.717, 1.165) is 33.7 Å². The number of aromatic nitrogens is 1. The lowest BCUT2D eigenvalue weighted by Gasteiger charge is -2.15. The molecule has 26 heavy (non-hydrogen) atoms. The van der Waals surface area contributed by atoms with Crippen LogP contribution in [0.2, 0.25) is 0 Å². The van der Waals surface area contributed by atoms with Crippen LogP contribution in [-0.4, -0.2) is 32.2 Å². The Balaban J connectivity index is 0.00000243. The second-order valence-electron chi connectivity index (χ2n) is 6.10. The Morgan fingerprint density at radius 1 is 1.08 bits per heavy atom. The van der Waals surface area contributed by atoms with Gasteiger partial charge in [0.25, 0.3) is 0 Å². The van der Waals surface area contributed by atoms with Gasteiger partial charge in [0.05, 0.1) is 18.2 Å². The van der Waals surface area contributed by atoms with Crippen LogP contribution in [0.4, 0.5) is 17.1 Å². The van der Waals surface area contributed by atoms with E-state index in [0.29, 0.717) is 5.56 Å². The van der Waals surface area contributed by atoms with Crippen LogP contribution in [0, 0.1) is 6.92 Å². The zero-order chi connectivity index (χ0) is 18.0. The number of benzene rings is 2. The zero-order valence-corrected chi connectivity index (χ0v) is 16.1. The van der Waals surface area contributed by atoms with Crippen molar-refractivity contribution in [3.63, 3.8) is 0 Å². The SMILES string of the molecule is COC(=O)c1ccc2nc(C)cc(Nc3ccc(N(C)C)cc3)c2c1.Cl. The van der Waals surface area contributed by atoms with Gasteiger partial charge in [0.1, 0.15) is 0 Å². The van der Waals surface area contributed by atoms with E-state index in [4.69, 9.17) is 4.74 Å². The summed E-state index contributed by atoms with van der Waals surface area (Å²) in [6.07, 6.45) is 0. The number of fused-ring (bicyclic) bond motifs is 1. The molecule has 0 bridgehead atoms. The van der Waals surface area contributed by atoms with E-state index in [1.54, 1.807) is 6.07 Å². The topological polar surface area (TPSA) is 54.5 Å². The predicted octanol–water partition coefficient (Wildman–Crippen LogP) is 4.56. The third kappa shape index (κ3) is 4.06. The Morgan fingerprint density at radius 2 is 1.77 bits per heavy atom. The number of anilines is 3. The van der Waals surface area contributed by atoms with Crippen LogP contribution in [0.15, 0.2) is 48.5 Å². The molecule has 0 fully saturated rings. The normalized spacial score (nSPS) is 10.2. The van der Waals surface area contributed by atoms with Crippen LogP contribution in [0.1, 0.15) is 16.1 Å². The summed E-state index contributed by atoms with van der Waals surface area (Å²) in [5.41, 5.74) is 5.26. The predicted molar refractivity (Wildman–Crippen MR) is 109 cm³/mol. The number of carbonyl (C=O) groups excluding carboxylic acids is 1. The lowest BCUT2D eigenvalue weighted by atomic mass is 10.1. The maximum atomic E-state index is 11.8. The minimum absolute atomic E-state index is 0. The number of rotatable bonds is 4. The van der Waals surface area contributed by atoms with Gasteiger partial charge in [-0.3, -0.25) is 4.98 Å². The summed E-state index contributed by atoms with van der Waals surface area (Å²) in [5.74, 6) is -0.358. The van der Waals surface area contributed by atoms with Crippen molar-refractivity contribution in [3.05, 3.63) is 59.8 Å². The number of ether oxygens (including phenoxy) is 1. The molecule has 2 aromatic carbocycles. The number of hydrogen-bond donors (Lipinski definition) is 1. The van der Waals surface area contributed by atoms with E-state index in [1.165, 1.54) is 7.11 Å². The highest BCUT2D eigenvalue weighted by Crippen LogP contribution is 2.28. The molecule has 0 saturated heterocycles. The van der Waals surface area contributed by atoms with Crippen LogP contribution >= 0.6 is 12.4 Å². The van der Waals surface area contributed by atoms with Crippen molar-refractivity contribution in [2.24, 2.45) is 0 Å². The second-order valence-corrected chi connectivity index (χ2v) is 6.10. The van der Waals surface area contributed by atoms with Crippen molar-refractivity contribution in [1.29, 1.82) is 0 Å². The van der Waals surface area contributed by atoms with Gasteiger partial charge in [-0.05, 0) is 55.5 Å². The molecule has 0 radical (unpaired) electrons. The number of carbonyl (C=O) groups is 1. The molecule has 0 aliphatic rings. The first-order valence-electron chi connectivity index (χ1n) is 8.02. The van der Waals surface area contributed by atoms with Gasteiger partial charge in [-0.15, -0.1) is 12.4 Å². The fourth-order valence-corrected chi connectivity index (χ4v) is 2.70. The number of halogens is 1. The van der Waals surface area contributed by atoms with Crippen LogP contribution in [0.25, 0.3) is 10.9 Å². The van der Waals surface area contributed by atoms with Crippen LogP contribution in [0.3, 0.4) is 0 Å². The van der Waals surface area contributed by atoms with Gasteiger partial charge in [0.2, 0.25) is 0 Å². The van der Waals surface area contributed by atoms with E-state index in [1.807, 2.05) is 51.4 Å². The number of esters is 1. The molecule has 0 amide bonds. The molecule has 0 saturated carbocycles. The maximum Gasteiger partial charge on any atom is 0.337 e. The Bertz CT molecular complexity index is 924. The van der Waals surface area contributed by atoms with Gasteiger partial charge in [-0.2, -0.15) is 0 Å². The lowest BCUT2D eigenvalue weighted by Crippen LogP contribution is -2.08. The maximum absolute atomic E-state index is 11.8. The number of nitrogens with one attached hydrogen (secondary N) is 1. The molecular formula is C20H22ClN3O2. The Kier molecular flexibility index (Phi) is 6.05. The summed E-state index contributed by atoms with van der Waals surface area (Å²) >= 11 is 0. The minimum Gasteiger partial charge on any atom is -0.465 e. The van der Waals surface area contributed by atoms with Crippen molar-refractivity contribution in [2.75, 3.05) is 31.4 Å². The molecule has 136 valence electrons. The molecule has 0 aliphatic carbocycles. The summed E-state index contributed by atoms with van der Waals surface area (Å²) in [5, 5.41) is 4.31. The zero-order valence-electron chi connectivity index (χ0n) is 15.2. The Labute approximate surface area is 159 Å². The van der Waals surface area contributed by atoms with E-state index in [-0.39, 0.29) is 18.4 Å². The van der Waals surface area contributed by atoms with Crippen molar-refractivity contribution in [2.45, 2.75) is 6.92 Å². The van der Waals surface area contributed by atoms with E-state index >= 15 is 0 Å². The molecule has 5 nitrogen and oxygen atoms in total. The highest BCUT2D eigenvalue weighted by atomic mass is 35.5. The van der Waals surface area contributed by atoms with Gasteiger partial charge < -0.3 is 15.0 Å². The van der Waals surface area contributed by atoms with Gasteiger partial charge in [0.15, 0.2) is 0 Å². The van der Waals surface area contributed by atoms with Crippen molar-refractivity contribution in [3.8, 4) is 0 Å². The molecule has 0 aliphatic heterocycles. The average molecular weight is 372 g/mol. The largest absolute Gasteiger partial charge is 0.465 e. The van der Waals surface area contributed by atoms with Gasteiger partial charge in [0, 0.05) is 42.2 Å². The standard InChI is InChI=1S/C20H21N3O2.ClH/c1-13-11-19(22-15-6-8-16(9-7-15)23(2)3)17-12-14(20(24)25-4)5-10-18(17)21-13;/h5-12H,1-4H3,(H,21,22);1H. The fourth-order valence-electron chi connectivity index (χ4n) is 2.70. The van der Waals surface area contributed by atoms with Crippen LogP contribution in [-0.2, 0) is 4.74 Å². The summed E-state index contributed by atoms with van der Waals surface area (Å²) < 4.78 is 4.82. The third-order valence-electron chi connectivity index (χ3n) is 4.02. The smallest absolute Gasteiger partial charge is 0.337 e. The van der Waals surface area contributed by atoms with Crippen LogP contribution < -0.4 is 10.2 Å². The summed E-state index contributed by atoms with van der Waals surface area (Å²) in [7, 11) is 5.40. The lowest BCUT2D eigenvalue weighted by molar-refractivity contribution is 0.0601. The van der Waals surface area contributed by atoms with Crippen molar-refractivity contribution >= 4 is 46.3 Å². The molecule has 3 aromatic rings. The molecule has 0 unspecified atom stereocenters. The second kappa shape index (κ2) is 8.06. The first kappa shape index (κ1) is 19.5. The van der Waals surface area contributed by atoms with Gasteiger partial charge in [-0.1, -0.05) is 0 Å². The molecule has 1 N–H and O–H groups in total. The number of aryl methyl sites for hydroxylation is 1. The van der Waals surface area contributed by atoms with Crippen molar-refractivity contribution < 1.29 is 9.53 Å². The highest BCUT2D eigenvalue weighted by Gasteiger charge is 2.10. The molecular weight excluding hydrogens is 350 g/mol. The number of nitrogens with zero attached hydrogens (tertiary/aromatic N) is 2. The average Bonchev–Trinajstić information content (AvgIpc) is 2.61. The van der Waals surface area contributed by atoms with E-state index in [9.17, 15) is 4.79 Å². The molecule has 0 atom stereocenters. The first-order valence-corrected chi connectivity index (χ1v) is 8.02. The number of methoxy groups -OCH3 is 1. The summed E-state index contributed by atoms with van der Waals surface area (Å²) in [6, 6.07) is 15.5. The molecule has 1 heterocycles. The highest BCUT2D eigenvalue weighted by molar-refractivity contribution is 5.99. The minimum atomic E-state index is -0.358. The molecule has 0 spiro atoms. The van der Waals surface area contributed by atoms with Crippen molar-refractivity contribution in [1.82, 2.24) is 4.98 Å². The number of pyridine rings is 1. The summed E-state index contributed by atoms with van der Waals surface area (Å²) in [4.78, 5) is 18.4. The monoisotopic (exact) mass is 371 g/mol. The fraction of sp³-hybridized carbons (Fsp3) is 0.200. The van der Waals surface area contributed by atoms with Gasteiger partial charge >= 0.3 is 5.97 Å². The Hall–Kier alpha value is -2.79. The quantitative estimate of drug-likeness (QED) is 0.681. The van der Waals surface area contributed by atoms with Gasteiger partial charge in [-0.25, -0.2) is 4.79 Å². The molecule has 3 rings (SSSR count). The third-order valence-corrected chi connectivity index (χ3v) is 4.02. The number of hydrogen-bond acceptors (Lipinski definition) is 5. The molecule has 6 heteroatoms.